The van der Waals surface area contributed by atoms with Crippen molar-refractivity contribution in [2.45, 2.75) is 78.0 Å². The third-order valence-electron chi connectivity index (χ3n) is 6.87. The number of allylic oxidation sites excluding steroid dienone is 5. The number of halogens is 2. The van der Waals surface area contributed by atoms with E-state index < -0.39 is 5.60 Å². The van der Waals surface area contributed by atoms with Gasteiger partial charge in [0.05, 0.1) is 18.8 Å². The third-order valence-corrected chi connectivity index (χ3v) is 7.10. The Morgan fingerprint density at radius 3 is 2.61 bits per heavy atom. The van der Waals surface area contributed by atoms with Gasteiger partial charge in [-0.15, -0.1) is 0 Å². The molecule has 0 saturated heterocycles. The van der Waals surface area contributed by atoms with Crippen molar-refractivity contribution in [1.29, 1.82) is 0 Å². The zero-order chi connectivity index (χ0) is 26.0. The molecule has 1 aliphatic carbocycles. The summed E-state index contributed by atoms with van der Waals surface area (Å²) in [5.41, 5.74) is 3.05. The van der Waals surface area contributed by atoms with Gasteiger partial charge in [-0.1, -0.05) is 30.3 Å². The van der Waals surface area contributed by atoms with Crippen molar-refractivity contribution >= 4 is 17.7 Å². The van der Waals surface area contributed by atoms with Crippen LogP contribution in [0.2, 0.25) is 5.02 Å². The number of benzene rings is 1. The van der Waals surface area contributed by atoms with Gasteiger partial charge >= 0.3 is 6.09 Å². The van der Waals surface area contributed by atoms with E-state index in [0.29, 0.717) is 23.7 Å². The summed E-state index contributed by atoms with van der Waals surface area (Å²) in [6, 6.07) is 5.78. The van der Waals surface area contributed by atoms with E-state index in [1.807, 2.05) is 58.2 Å². The number of imidazole rings is 1. The van der Waals surface area contributed by atoms with Crippen LogP contribution in [0.4, 0.5) is 9.18 Å². The number of nitrogens with zero attached hydrogens (tertiary/aromatic N) is 3. The molecule has 0 bridgehead atoms. The Kier molecular flexibility index (Phi) is 7.74. The fourth-order valence-electron chi connectivity index (χ4n) is 5.09. The minimum absolute atomic E-state index is 0.142. The van der Waals surface area contributed by atoms with Crippen molar-refractivity contribution in [3.8, 4) is 5.69 Å². The van der Waals surface area contributed by atoms with Crippen LogP contribution < -0.4 is 0 Å². The summed E-state index contributed by atoms with van der Waals surface area (Å²) in [5, 5.41) is 0.620. The fourth-order valence-corrected chi connectivity index (χ4v) is 5.28. The quantitative estimate of drug-likeness (QED) is 0.390. The molecule has 5 nitrogen and oxygen atoms in total. The highest BCUT2D eigenvalue weighted by Gasteiger charge is 2.32. The molecule has 192 valence electrons. The smallest absolute Gasteiger partial charge is 0.411 e. The molecule has 4 rings (SSSR count). The molecule has 1 aromatic heterocycles. The van der Waals surface area contributed by atoms with Gasteiger partial charge in [0.2, 0.25) is 0 Å². The first kappa shape index (κ1) is 26.2. The summed E-state index contributed by atoms with van der Waals surface area (Å²) in [6.07, 6.45) is 10.1. The van der Waals surface area contributed by atoms with E-state index in [1.165, 1.54) is 6.08 Å². The summed E-state index contributed by atoms with van der Waals surface area (Å²) in [4.78, 5) is 19.4. The van der Waals surface area contributed by atoms with Crippen LogP contribution in [0.15, 0.2) is 60.6 Å². The van der Waals surface area contributed by atoms with Crippen LogP contribution in [0.25, 0.3) is 5.69 Å². The van der Waals surface area contributed by atoms with Gasteiger partial charge in [0.15, 0.2) is 0 Å². The van der Waals surface area contributed by atoms with Gasteiger partial charge < -0.3 is 4.74 Å². The van der Waals surface area contributed by atoms with Crippen molar-refractivity contribution in [2.75, 3.05) is 0 Å². The minimum atomic E-state index is -0.592. The summed E-state index contributed by atoms with van der Waals surface area (Å²) in [6.45, 7) is 12.2. The van der Waals surface area contributed by atoms with Crippen LogP contribution in [-0.2, 0) is 17.8 Å². The number of aromatic nitrogens is 2. The topological polar surface area (TPSA) is 47.4 Å². The molecular weight excluding hydrogens is 477 g/mol. The number of hydrogen-bond acceptors (Lipinski definition) is 3. The van der Waals surface area contributed by atoms with Crippen molar-refractivity contribution in [1.82, 2.24) is 14.5 Å². The van der Waals surface area contributed by atoms with Gasteiger partial charge in [0, 0.05) is 22.8 Å². The molecule has 0 spiro atoms. The molecule has 2 heterocycles. The lowest BCUT2D eigenvalue weighted by molar-refractivity contribution is 0.0214. The number of rotatable bonds is 4. The highest BCUT2D eigenvalue weighted by Crippen LogP contribution is 2.42. The van der Waals surface area contributed by atoms with Crippen molar-refractivity contribution in [3.05, 3.63) is 82.7 Å². The number of ether oxygens (including phenoxy) is 1. The van der Waals surface area contributed by atoms with Gasteiger partial charge in [-0.05, 0) is 94.7 Å². The summed E-state index contributed by atoms with van der Waals surface area (Å²) >= 11 is 6.35. The predicted molar refractivity (Wildman–Crippen MR) is 142 cm³/mol. The molecule has 1 aromatic carbocycles. The average Bonchev–Trinajstić information content (AvgIpc) is 3.16. The first-order chi connectivity index (χ1) is 17.1. The average molecular weight is 512 g/mol. The third kappa shape index (κ3) is 5.75. The molecule has 0 unspecified atom stereocenters. The molecule has 7 heteroatoms. The van der Waals surface area contributed by atoms with E-state index in [-0.39, 0.29) is 23.8 Å². The second-order valence-electron chi connectivity index (χ2n) is 10.7. The second-order valence-corrected chi connectivity index (χ2v) is 11.1. The molecule has 2 aliphatic rings. The van der Waals surface area contributed by atoms with E-state index in [4.69, 9.17) is 21.3 Å². The van der Waals surface area contributed by atoms with E-state index in [2.05, 4.69) is 11.1 Å². The van der Waals surface area contributed by atoms with Crippen LogP contribution in [0.3, 0.4) is 0 Å². The lowest BCUT2D eigenvalue weighted by Crippen LogP contribution is -2.35. The van der Waals surface area contributed by atoms with Crippen LogP contribution in [0.5, 0.6) is 0 Å². The summed E-state index contributed by atoms with van der Waals surface area (Å²) in [7, 11) is 0. The van der Waals surface area contributed by atoms with Gasteiger partial charge in [-0.25, -0.2) is 14.2 Å². The molecule has 0 N–H and O–H groups in total. The number of carbonyl (C=O) groups excluding carboxylic acids is 1. The van der Waals surface area contributed by atoms with Crippen LogP contribution in [0.1, 0.15) is 76.4 Å². The molecular formula is C29H35ClFN3O2. The SMILES string of the molecule is C=C(/C(F)=C\C=C/C)C1CCC(c2cnc3n2-c2ccc(Cl)cc2CN(C(=O)OC(C)(C)C)C3)CC1. The Morgan fingerprint density at radius 1 is 1.22 bits per heavy atom. The molecule has 0 radical (unpaired) electrons. The van der Waals surface area contributed by atoms with E-state index in [0.717, 1.165) is 48.5 Å². The molecule has 0 atom stereocenters. The molecule has 36 heavy (non-hydrogen) atoms. The van der Waals surface area contributed by atoms with Gasteiger partial charge in [0.25, 0.3) is 0 Å². The number of hydrogen-bond donors (Lipinski definition) is 0. The normalized spacial score (nSPS) is 20.6. The number of amides is 1. The molecule has 1 fully saturated rings. The maximum Gasteiger partial charge on any atom is 0.411 e. The Labute approximate surface area is 218 Å². The number of fused-ring (bicyclic) bond motifs is 3. The van der Waals surface area contributed by atoms with E-state index >= 15 is 0 Å². The maximum atomic E-state index is 14.5. The first-order valence-corrected chi connectivity index (χ1v) is 13.0. The zero-order valence-electron chi connectivity index (χ0n) is 21.6. The maximum absolute atomic E-state index is 14.5. The largest absolute Gasteiger partial charge is 0.444 e. The predicted octanol–water partition coefficient (Wildman–Crippen LogP) is 8.04. The van der Waals surface area contributed by atoms with Crippen molar-refractivity contribution < 1.29 is 13.9 Å². The Bertz CT molecular complexity index is 1200. The Balaban J connectivity index is 1.60. The monoisotopic (exact) mass is 511 g/mol. The van der Waals surface area contributed by atoms with Crippen LogP contribution >= 0.6 is 11.6 Å². The standard InChI is InChI=1S/C29H35ClFN3O2/c1-6-7-8-24(31)19(2)20-9-11-21(12-10-20)26-16-32-27-18-33(28(35)36-29(3,4)5)17-22-15-23(30)13-14-25(22)34(26)27/h6-8,13-16,20-21H,2,9-12,17-18H2,1,3-5H3/b7-6-,24-8+. The summed E-state index contributed by atoms with van der Waals surface area (Å²) < 4.78 is 22.3. The zero-order valence-corrected chi connectivity index (χ0v) is 22.3. The Morgan fingerprint density at radius 2 is 1.94 bits per heavy atom. The molecule has 1 aliphatic heterocycles. The molecule has 1 amide bonds. The lowest BCUT2D eigenvalue weighted by Gasteiger charge is -2.30. The van der Waals surface area contributed by atoms with Crippen LogP contribution in [-0.4, -0.2) is 26.1 Å². The van der Waals surface area contributed by atoms with Crippen LogP contribution in [0, 0.1) is 5.92 Å². The van der Waals surface area contributed by atoms with Gasteiger partial charge in [-0.2, -0.15) is 0 Å². The van der Waals surface area contributed by atoms with Crippen molar-refractivity contribution in [3.63, 3.8) is 0 Å². The minimum Gasteiger partial charge on any atom is -0.444 e. The second kappa shape index (κ2) is 10.6. The first-order valence-electron chi connectivity index (χ1n) is 12.6. The fraction of sp³-hybridized carbons (Fsp3) is 0.448. The van der Waals surface area contributed by atoms with Gasteiger partial charge in [-0.3, -0.25) is 9.47 Å². The molecule has 1 saturated carbocycles. The van der Waals surface area contributed by atoms with Crippen molar-refractivity contribution in [2.24, 2.45) is 5.92 Å². The highest BCUT2D eigenvalue weighted by atomic mass is 35.5. The van der Waals surface area contributed by atoms with E-state index in [9.17, 15) is 9.18 Å². The number of carbonyl (C=O) groups is 1. The lowest BCUT2D eigenvalue weighted by atomic mass is 9.77. The summed E-state index contributed by atoms with van der Waals surface area (Å²) in [5.74, 6) is 0.990. The highest BCUT2D eigenvalue weighted by molar-refractivity contribution is 6.30. The van der Waals surface area contributed by atoms with E-state index in [1.54, 1.807) is 11.0 Å². The molecule has 2 aromatic rings. The van der Waals surface area contributed by atoms with Gasteiger partial charge in [0.1, 0.15) is 17.3 Å². The Hall–Kier alpha value is -2.86.